The number of aryl methyl sites for hydroxylation is 1. The minimum Gasteiger partial charge on any atom is -0.468 e. The molecule has 0 saturated carbocycles. The number of carbonyl (C=O) groups excluding carboxylic acids is 1. The van der Waals surface area contributed by atoms with Crippen LogP contribution in [0.1, 0.15) is 38.4 Å². The molecule has 0 unspecified atom stereocenters. The zero-order valence-electron chi connectivity index (χ0n) is 17.6. The number of likely N-dealkylation sites (N-methyl/N-ethyl adjacent to an activating group) is 1. The topological polar surface area (TPSA) is 91.2 Å². The Morgan fingerprint density at radius 2 is 2.00 bits per heavy atom. The fourth-order valence-electron chi connectivity index (χ4n) is 3.57. The average Bonchev–Trinajstić information content (AvgIpc) is 3.37. The summed E-state index contributed by atoms with van der Waals surface area (Å²) >= 11 is 1.25. The number of nitrogens with zero attached hydrogens (tertiary/aromatic N) is 2. The molecular formula is C23H24N4O3S. The number of aromatic amines is 1. The van der Waals surface area contributed by atoms with Gasteiger partial charge in [0.2, 0.25) is 0 Å². The summed E-state index contributed by atoms with van der Waals surface area (Å²) in [5.74, 6) is 1.15. The Morgan fingerprint density at radius 1 is 1.23 bits per heavy atom. The van der Waals surface area contributed by atoms with Gasteiger partial charge in [-0.1, -0.05) is 30.3 Å². The average molecular weight is 437 g/mol. The van der Waals surface area contributed by atoms with Crippen LogP contribution in [0.15, 0.2) is 57.9 Å². The van der Waals surface area contributed by atoms with E-state index in [-0.39, 0.29) is 17.5 Å². The van der Waals surface area contributed by atoms with E-state index in [2.05, 4.69) is 15.3 Å². The maximum atomic E-state index is 12.9. The quantitative estimate of drug-likeness (QED) is 0.463. The lowest BCUT2D eigenvalue weighted by Crippen LogP contribution is -2.34. The molecule has 7 nitrogen and oxygen atoms in total. The van der Waals surface area contributed by atoms with Crippen LogP contribution in [0.3, 0.4) is 0 Å². The van der Waals surface area contributed by atoms with Gasteiger partial charge in [0.15, 0.2) is 0 Å². The number of carbonyl (C=O) groups is 1. The third-order valence-corrected chi connectivity index (χ3v) is 6.41. The van der Waals surface area contributed by atoms with Gasteiger partial charge in [0.1, 0.15) is 16.4 Å². The molecule has 0 fully saturated rings. The molecule has 0 spiro atoms. The van der Waals surface area contributed by atoms with Crippen LogP contribution < -0.4 is 10.9 Å². The van der Waals surface area contributed by atoms with E-state index in [1.54, 1.807) is 13.2 Å². The molecule has 0 aliphatic rings. The Kier molecular flexibility index (Phi) is 6.01. The molecule has 160 valence electrons. The highest BCUT2D eigenvalue weighted by Crippen LogP contribution is 2.27. The van der Waals surface area contributed by atoms with Crippen molar-refractivity contribution in [3.63, 3.8) is 0 Å². The second-order valence-corrected chi connectivity index (χ2v) is 8.62. The van der Waals surface area contributed by atoms with Crippen LogP contribution in [-0.4, -0.2) is 41.4 Å². The molecule has 2 N–H and O–H groups in total. The largest absolute Gasteiger partial charge is 0.468 e. The summed E-state index contributed by atoms with van der Waals surface area (Å²) < 4.78 is 5.50. The molecule has 0 radical (unpaired) electrons. The highest BCUT2D eigenvalue weighted by molar-refractivity contribution is 7.20. The van der Waals surface area contributed by atoms with Gasteiger partial charge in [-0.15, -0.1) is 11.3 Å². The molecule has 1 aromatic carbocycles. The molecule has 4 aromatic rings. The minimum absolute atomic E-state index is 0.0902. The van der Waals surface area contributed by atoms with Gasteiger partial charge in [0, 0.05) is 13.0 Å². The molecule has 0 bridgehead atoms. The first-order valence-corrected chi connectivity index (χ1v) is 10.8. The summed E-state index contributed by atoms with van der Waals surface area (Å²) in [4.78, 5) is 36.2. The maximum absolute atomic E-state index is 12.9. The van der Waals surface area contributed by atoms with Crippen molar-refractivity contribution in [1.29, 1.82) is 0 Å². The SMILES string of the molecule is Cc1c(C(=O)NC[C@@H](c2ccco2)N(C)C)sc2nc(Cc3ccccc3)[nH]c(=O)c12. The fraction of sp³-hybridized carbons (Fsp3) is 0.261. The maximum Gasteiger partial charge on any atom is 0.261 e. The van der Waals surface area contributed by atoms with Crippen molar-refractivity contribution in [3.8, 4) is 0 Å². The van der Waals surface area contributed by atoms with Crippen LogP contribution in [0.5, 0.6) is 0 Å². The Hall–Kier alpha value is -3.23. The number of H-pyrrole nitrogens is 1. The van der Waals surface area contributed by atoms with Gasteiger partial charge >= 0.3 is 0 Å². The van der Waals surface area contributed by atoms with E-state index in [4.69, 9.17) is 4.42 Å². The van der Waals surface area contributed by atoms with Crippen molar-refractivity contribution in [2.75, 3.05) is 20.6 Å². The Labute approximate surface area is 183 Å². The molecule has 0 aliphatic heterocycles. The molecule has 31 heavy (non-hydrogen) atoms. The van der Waals surface area contributed by atoms with Crippen LogP contribution >= 0.6 is 11.3 Å². The lowest BCUT2D eigenvalue weighted by Gasteiger charge is -2.22. The van der Waals surface area contributed by atoms with Crippen LogP contribution in [0.2, 0.25) is 0 Å². The predicted molar refractivity (Wildman–Crippen MR) is 122 cm³/mol. The molecule has 1 amide bonds. The van der Waals surface area contributed by atoms with E-state index < -0.39 is 0 Å². The summed E-state index contributed by atoms with van der Waals surface area (Å²) in [6, 6.07) is 13.5. The number of fused-ring (bicyclic) bond motifs is 1. The second kappa shape index (κ2) is 8.87. The number of hydrogen-bond acceptors (Lipinski definition) is 6. The molecular weight excluding hydrogens is 412 g/mol. The summed E-state index contributed by atoms with van der Waals surface area (Å²) in [6.07, 6.45) is 2.15. The van der Waals surface area contributed by atoms with Gasteiger partial charge in [-0.25, -0.2) is 4.98 Å². The smallest absolute Gasteiger partial charge is 0.261 e. The van der Waals surface area contributed by atoms with Crippen LogP contribution in [0.25, 0.3) is 10.2 Å². The van der Waals surface area contributed by atoms with Gasteiger partial charge in [-0.05, 0) is 44.3 Å². The van der Waals surface area contributed by atoms with Crippen molar-refractivity contribution in [1.82, 2.24) is 20.2 Å². The van der Waals surface area contributed by atoms with E-state index >= 15 is 0 Å². The molecule has 3 aromatic heterocycles. The van der Waals surface area contributed by atoms with Gasteiger partial charge in [-0.2, -0.15) is 0 Å². The molecule has 8 heteroatoms. The third-order valence-electron chi connectivity index (χ3n) is 5.22. The number of thiophene rings is 1. The number of rotatable bonds is 7. The number of hydrogen-bond donors (Lipinski definition) is 2. The zero-order chi connectivity index (χ0) is 22.0. The monoisotopic (exact) mass is 436 g/mol. The first-order chi connectivity index (χ1) is 14.9. The number of nitrogens with one attached hydrogen (secondary N) is 2. The number of aromatic nitrogens is 2. The minimum atomic E-state index is -0.220. The van der Waals surface area contributed by atoms with E-state index in [0.29, 0.717) is 39.4 Å². The van der Waals surface area contributed by atoms with Crippen molar-refractivity contribution in [3.05, 3.63) is 86.7 Å². The summed E-state index contributed by atoms with van der Waals surface area (Å²) in [6.45, 7) is 2.17. The van der Waals surface area contributed by atoms with Gasteiger partial charge < -0.3 is 14.7 Å². The fourth-order valence-corrected chi connectivity index (χ4v) is 4.68. The normalized spacial score (nSPS) is 12.4. The van der Waals surface area contributed by atoms with Gasteiger partial charge in [0.05, 0.1) is 22.6 Å². The lowest BCUT2D eigenvalue weighted by molar-refractivity contribution is 0.0942. The van der Waals surface area contributed by atoms with Crippen molar-refractivity contribution in [2.24, 2.45) is 0 Å². The molecule has 4 rings (SSSR count). The van der Waals surface area contributed by atoms with Crippen LogP contribution in [-0.2, 0) is 6.42 Å². The Bertz CT molecular complexity index is 1240. The molecule has 1 atom stereocenters. The summed E-state index contributed by atoms with van der Waals surface area (Å²) in [5, 5.41) is 3.45. The molecule has 3 heterocycles. The Balaban J connectivity index is 1.57. The van der Waals surface area contributed by atoms with E-state index in [9.17, 15) is 9.59 Å². The molecule has 0 saturated heterocycles. The van der Waals surface area contributed by atoms with Gasteiger partial charge in [-0.3, -0.25) is 14.5 Å². The molecule has 0 aliphatic carbocycles. The zero-order valence-corrected chi connectivity index (χ0v) is 18.5. The summed E-state index contributed by atoms with van der Waals surface area (Å²) in [7, 11) is 3.86. The first kappa shape index (κ1) is 21.0. The number of benzene rings is 1. The predicted octanol–water partition coefficient (Wildman–Crippen LogP) is 3.51. The van der Waals surface area contributed by atoms with Crippen molar-refractivity contribution in [2.45, 2.75) is 19.4 Å². The van der Waals surface area contributed by atoms with Crippen molar-refractivity contribution < 1.29 is 9.21 Å². The van der Waals surface area contributed by atoms with Gasteiger partial charge in [0.25, 0.3) is 11.5 Å². The first-order valence-electron chi connectivity index (χ1n) is 9.98. The Morgan fingerprint density at radius 3 is 2.68 bits per heavy atom. The number of furan rings is 1. The summed E-state index contributed by atoms with van der Waals surface area (Å²) in [5.41, 5.74) is 1.49. The highest BCUT2D eigenvalue weighted by atomic mass is 32.1. The van der Waals surface area contributed by atoms with Crippen molar-refractivity contribution >= 4 is 27.5 Å². The number of amides is 1. The van der Waals surface area contributed by atoms with E-state index in [0.717, 1.165) is 11.3 Å². The van der Waals surface area contributed by atoms with E-state index in [1.165, 1.54) is 11.3 Å². The third kappa shape index (κ3) is 4.45. The lowest BCUT2D eigenvalue weighted by atomic mass is 10.1. The van der Waals surface area contributed by atoms with Crippen LogP contribution in [0.4, 0.5) is 0 Å². The van der Waals surface area contributed by atoms with E-state index in [1.807, 2.05) is 61.5 Å². The highest BCUT2D eigenvalue weighted by Gasteiger charge is 2.22. The second-order valence-electron chi connectivity index (χ2n) is 7.62. The standard InChI is InChI=1S/C23H24N4O3S/c1-14-19-21(28)25-18(12-15-8-5-4-6-9-15)26-23(19)31-20(14)22(29)24-13-16(27(2)3)17-10-7-11-30-17/h4-11,16H,12-13H2,1-3H3,(H,24,29)(H,25,26,28)/t16-/m0/s1. The van der Waals surface area contributed by atoms with Crippen LogP contribution in [0, 0.1) is 6.92 Å².